The van der Waals surface area contributed by atoms with Gasteiger partial charge in [-0.25, -0.2) is 4.72 Å². The summed E-state index contributed by atoms with van der Waals surface area (Å²) in [5, 5.41) is 0. The molecule has 0 aromatic carbocycles. The molecule has 3 saturated carbocycles. The highest BCUT2D eigenvalue weighted by atomic mass is 32.2. The number of fused-ring (bicyclic) bond motifs is 5. The van der Waals surface area contributed by atoms with Gasteiger partial charge in [0, 0.05) is 17.7 Å². The van der Waals surface area contributed by atoms with E-state index in [2.05, 4.69) is 37.6 Å². The van der Waals surface area contributed by atoms with E-state index in [1.54, 1.807) is 6.08 Å². The van der Waals surface area contributed by atoms with Crippen LogP contribution in [0.3, 0.4) is 0 Å². The van der Waals surface area contributed by atoms with Gasteiger partial charge >= 0.3 is 0 Å². The summed E-state index contributed by atoms with van der Waals surface area (Å²) in [7, 11) is 0. The van der Waals surface area contributed by atoms with E-state index in [1.165, 1.54) is 31.3 Å². The van der Waals surface area contributed by atoms with Gasteiger partial charge in [0.15, 0.2) is 11.6 Å². The molecule has 5 nitrogen and oxygen atoms in total. The van der Waals surface area contributed by atoms with Crippen LogP contribution in [0.25, 0.3) is 0 Å². The van der Waals surface area contributed by atoms with Gasteiger partial charge in [-0.3, -0.25) is 13.8 Å². The maximum absolute atomic E-state index is 12.7. The number of ketones is 2. The Labute approximate surface area is 200 Å². The van der Waals surface area contributed by atoms with Crippen molar-refractivity contribution in [3.8, 4) is 0 Å². The molecular formula is C27H36NO4S-. The standard InChI is InChI=1S/C27H37NO4S/c1-17(4-9-24(30)27(14-15-27)28-33(31)32)21-7-8-22-20-6-5-18-16-19(29)10-12-25(18,2)23(20)11-13-26(21,22)3/h4-6,9,16-17,20-23,28H,7-8,10-15H2,1-3H3,(H,31,32)/p-1/b9-4+/t17-,20+,21-,22+,23+,25+,26-/m1/s1. The topological polar surface area (TPSA) is 86.3 Å². The summed E-state index contributed by atoms with van der Waals surface area (Å²) in [6.45, 7) is 7.07. The molecule has 180 valence electrons. The molecule has 0 aliphatic heterocycles. The number of hydrogen-bond acceptors (Lipinski definition) is 4. The maximum Gasteiger partial charge on any atom is 0.176 e. The van der Waals surface area contributed by atoms with Gasteiger partial charge in [-0.2, -0.15) is 0 Å². The van der Waals surface area contributed by atoms with Crippen LogP contribution >= 0.6 is 0 Å². The van der Waals surface area contributed by atoms with Crippen LogP contribution in [0.4, 0.5) is 0 Å². The zero-order chi connectivity index (χ0) is 23.6. The van der Waals surface area contributed by atoms with E-state index in [1.807, 2.05) is 12.2 Å². The normalized spacial score (nSPS) is 42.8. The summed E-state index contributed by atoms with van der Waals surface area (Å²) in [5.74, 6) is 2.77. The summed E-state index contributed by atoms with van der Waals surface area (Å²) in [6, 6.07) is 0. The molecule has 33 heavy (non-hydrogen) atoms. The molecule has 0 radical (unpaired) electrons. The van der Waals surface area contributed by atoms with E-state index in [4.69, 9.17) is 0 Å². The zero-order valence-electron chi connectivity index (χ0n) is 20.0. The van der Waals surface area contributed by atoms with Gasteiger partial charge in [0.1, 0.15) is 0 Å². The van der Waals surface area contributed by atoms with Crippen LogP contribution in [0.2, 0.25) is 0 Å². The number of hydrogen-bond donors (Lipinski definition) is 1. The molecule has 1 unspecified atom stereocenters. The van der Waals surface area contributed by atoms with Crippen LogP contribution in [0, 0.1) is 40.4 Å². The molecule has 0 amide bonds. The molecule has 0 saturated heterocycles. The van der Waals surface area contributed by atoms with Crippen molar-refractivity contribution in [3.63, 3.8) is 0 Å². The van der Waals surface area contributed by atoms with E-state index in [0.717, 1.165) is 6.42 Å². The van der Waals surface area contributed by atoms with E-state index in [-0.39, 0.29) is 28.3 Å². The first-order valence-corrected chi connectivity index (χ1v) is 13.7. The zero-order valence-corrected chi connectivity index (χ0v) is 20.8. The Morgan fingerprint density at radius 1 is 1.18 bits per heavy atom. The fraction of sp³-hybridized carbons (Fsp3) is 0.704. The van der Waals surface area contributed by atoms with Crippen molar-refractivity contribution < 1.29 is 18.4 Å². The molecule has 0 aromatic heterocycles. The number of allylic oxidation sites excluding steroid dienone is 5. The third-order valence-corrected chi connectivity index (χ3v) is 10.8. The Bertz CT molecular complexity index is 979. The fourth-order valence-electron chi connectivity index (χ4n) is 8.12. The Morgan fingerprint density at radius 3 is 2.64 bits per heavy atom. The molecule has 0 heterocycles. The van der Waals surface area contributed by atoms with Gasteiger partial charge in [0.25, 0.3) is 0 Å². The van der Waals surface area contributed by atoms with Crippen LogP contribution in [-0.4, -0.2) is 25.9 Å². The second kappa shape index (κ2) is 8.10. The fourth-order valence-corrected chi connectivity index (χ4v) is 8.74. The molecule has 8 atom stereocenters. The Kier molecular flexibility index (Phi) is 5.74. The minimum Gasteiger partial charge on any atom is -0.760 e. The van der Waals surface area contributed by atoms with Gasteiger partial charge < -0.3 is 4.55 Å². The summed E-state index contributed by atoms with van der Waals surface area (Å²) in [6.07, 6.45) is 17.8. The van der Waals surface area contributed by atoms with E-state index < -0.39 is 16.8 Å². The first kappa shape index (κ1) is 23.4. The van der Waals surface area contributed by atoms with Crippen molar-refractivity contribution in [2.75, 3.05) is 0 Å². The molecular weight excluding hydrogens is 434 g/mol. The van der Waals surface area contributed by atoms with Crippen LogP contribution < -0.4 is 4.72 Å². The first-order valence-electron chi connectivity index (χ1n) is 12.6. The minimum atomic E-state index is -2.42. The number of nitrogens with one attached hydrogen (secondary N) is 1. The lowest BCUT2D eigenvalue weighted by molar-refractivity contribution is -0.117. The molecule has 6 heteroatoms. The quantitative estimate of drug-likeness (QED) is 0.454. The Morgan fingerprint density at radius 2 is 1.94 bits per heavy atom. The predicted molar refractivity (Wildman–Crippen MR) is 127 cm³/mol. The van der Waals surface area contributed by atoms with Gasteiger partial charge in [0.2, 0.25) is 0 Å². The second-order valence-corrected chi connectivity index (χ2v) is 12.5. The van der Waals surface area contributed by atoms with E-state index >= 15 is 0 Å². The number of rotatable bonds is 6. The van der Waals surface area contributed by atoms with Gasteiger partial charge in [-0.1, -0.05) is 39.0 Å². The third-order valence-electron chi connectivity index (χ3n) is 10.3. The molecule has 5 aliphatic rings. The average Bonchev–Trinajstić information content (AvgIpc) is 3.44. The molecule has 3 fully saturated rings. The van der Waals surface area contributed by atoms with Gasteiger partial charge in [0.05, 0.1) is 5.54 Å². The van der Waals surface area contributed by atoms with E-state index in [0.29, 0.717) is 42.9 Å². The van der Waals surface area contributed by atoms with Crippen LogP contribution in [0.1, 0.15) is 72.1 Å². The van der Waals surface area contributed by atoms with Crippen molar-refractivity contribution >= 4 is 22.8 Å². The highest BCUT2D eigenvalue weighted by Gasteiger charge is 2.58. The lowest BCUT2D eigenvalue weighted by Crippen LogP contribution is -2.49. The lowest BCUT2D eigenvalue weighted by atomic mass is 9.48. The second-order valence-electron chi connectivity index (χ2n) is 11.9. The van der Waals surface area contributed by atoms with Crippen molar-refractivity contribution in [2.45, 2.75) is 77.7 Å². The number of carbonyl (C=O) groups is 2. The molecule has 0 aromatic rings. The molecule has 1 N–H and O–H groups in total. The monoisotopic (exact) mass is 470 g/mol. The lowest BCUT2D eigenvalue weighted by Gasteiger charge is -2.56. The van der Waals surface area contributed by atoms with Crippen molar-refractivity contribution in [1.82, 2.24) is 4.72 Å². The van der Waals surface area contributed by atoms with Crippen molar-refractivity contribution in [2.24, 2.45) is 40.4 Å². The van der Waals surface area contributed by atoms with Crippen LogP contribution in [0.5, 0.6) is 0 Å². The highest BCUT2D eigenvalue weighted by molar-refractivity contribution is 7.77. The average molecular weight is 471 g/mol. The van der Waals surface area contributed by atoms with Crippen molar-refractivity contribution in [3.05, 3.63) is 36.0 Å². The summed E-state index contributed by atoms with van der Waals surface area (Å²) >= 11 is -2.42. The molecule has 5 rings (SSSR count). The summed E-state index contributed by atoms with van der Waals surface area (Å²) < 4.78 is 24.5. The summed E-state index contributed by atoms with van der Waals surface area (Å²) in [4.78, 5) is 24.7. The third kappa shape index (κ3) is 3.77. The first-order chi connectivity index (χ1) is 15.6. The van der Waals surface area contributed by atoms with Crippen LogP contribution in [0.15, 0.2) is 36.0 Å². The van der Waals surface area contributed by atoms with Crippen LogP contribution in [-0.2, 0) is 20.9 Å². The molecule has 0 spiro atoms. The van der Waals surface area contributed by atoms with Gasteiger partial charge in [-0.05, 0) is 103 Å². The Balaban J connectivity index is 1.33. The smallest absolute Gasteiger partial charge is 0.176 e. The summed E-state index contributed by atoms with van der Waals surface area (Å²) in [5.41, 5.74) is 0.719. The molecule has 5 aliphatic carbocycles. The van der Waals surface area contributed by atoms with E-state index in [9.17, 15) is 18.4 Å². The molecule has 0 bridgehead atoms. The Hall–Kier alpha value is -1.37. The number of carbonyl (C=O) groups excluding carboxylic acids is 2. The largest absolute Gasteiger partial charge is 0.760 e. The SMILES string of the molecule is C[C@H](/C=C/C(=O)C1(NS(=O)[O-])CC1)[C@H]1CC[C@H]2[C@@H]3C=CC4=CC(=O)CC[C@]4(C)[C@H]3CC[C@]12C. The maximum atomic E-state index is 12.7. The minimum absolute atomic E-state index is 0.115. The highest BCUT2D eigenvalue weighted by Crippen LogP contribution is 2.66. The van der Waals surface area contributed by atoms with Gasteiger partial charge in [-0.15, -0.1) is 0 Å². The van der Waals surface area contributed by atoms with Crippen molar-refractivity contribution in [1.29, 1.82) is 0 Å². The predicted octanol–water partition coefficient (Wildman–Crippen LogP) is 4.59.